The Morgan fingerprint density at radius 2 is 1.72 bits per heavy atom. The summed E-state index contributed by atoms with van der Waals surface area (Å²) in [6.07, 6.45) is 4.41. The molecule has 0 unspecified atom stereocenters. The maximum atomic E-state index is 13.3. The zero-order chi connectivity index (χ0) is 24.9. The van der Waals surface area contributed by atoms with Crippen LogP contribution in [0, 0.1) is 6.92 Å². The minimum Gasteiger partial charge on any atom is -0.454 e. The first kappa shape index (κ1) is 23.1. The molecule has 188 valence electrons. The van der Waals surface area contributed by atoms with Crippen LogP contribution in [0.2, 0.25) is 0 Å². The number of hydrogen-bond acceptors (Lipinski definition) is 5. The van der Waals surface area contributed by atoms with Gasteiger partial charge in [0.25, 0.3) is 0 Å². The first-order valence-electron chi connectivity index (χ1n) is 12.3. The number of ether oxygens (including phenoxy) is 2. The number of carbonyl (C=O) groups excluding carboxylic acids is 1. The van der Waals surface area contributed by atoms with Crippen LogP contribution in [0.5, 0.6) is 11.5 Å². The van der Waals surface area contributed by atoms with Crippen molar-refractivity contribution >= 4 is 21.6 Å². The molecule has 2 N–H and O–H groups in total. The van der Waals surface area contributed by atoms with E-state index in [1.807, 2.05) is 55.5 Å². The number of fused-ring (bicyclic) bond motifs is 1. The third-order valence-electron chi connectivity index (χ3n) is 7.51. The number of hydrogen-bond donors (Lipinski definition) is 2. The average Bonchev–Trinajstić information content (AvgIpc) is 3.53. The molecule has 2 saturated carbocycles. The van der Waals surface area contributed by atoms with Crippen molar-refractivity contribution in [1.82, 2.24) is 4.72 Å². The highest BCUT2D eigenvalue weighted by Crippen LogP contribution is 2.51. The first-order valence-corrected chi connectivity index (χ1v) is 13.8. The van der Waals surface area contributed by atoms with Crippen molar-refractivity contribution in [1.29, 1.82) is 0 Å². The fraction of sp³-hybridized carbons (Fsp3) is 0.321. The highest BCUT2D eigenvalue weighted by atomic mass is 32.2. The van der Waals surface area contributed by atoms with Crippen molar-refractivity contribution < 1.29 is 24.1 Å². The summed E-state index contributed by atoms with van der Waals surface area (Å²) in [7, 11) is -3.52. The number of sulfonamides is 1. The van der Waals surface area contributed by atoms with Crippen LogP contribution in [0.25, 0.3) is 11.1 Å². The van der Waals surface area contributed by atoms with E-state index in [1.165, 1.54) is 0 Å². The lowest BCUT2D eigenvalue weighted by molar-refractivity contribution is -0.118. The van der Waals surface area contributed by atoms with Gasteiger partial charge in [-0.05, 0) is 91.3 Å². The zero-order valence-corrected chi connectivity index (χ0v) is 20.9. The van der Waals surface area contributed by atoms with Crippen LogP contribution in [0.1, 0.15) is 44.7 Å². The van der Waals surface area contributed by atoms with Crippen molar-refractivity contribution in [2.24, 2.45) is 0 Å². The summed E-state index contributed by atoms with van der Waals surface area (Å²) in [5, 5.41) is 3.10. The largest absolute Gasteiger partial charge is 0.454 e. The molecule has 36 heavy (non-hydrogen) atoms. The van der Waals surface area contributed by atoms with Gasteiger partial charge < -0.3 is 14.8 Å². The Balaban J connectivity index is 0.00000280. The Morgan fingerprint density at radius 3 is 2.42 bits per heavy atom. The smallest absolute Gasteiger partial charge is 0.240 e. The predicted octanol–water partition coefficient (Wildman–Crippen LogP) is 5.14. The minimum absolute atomic E-state index is 0. The van der Waals surface area contributed by atoms with E-state index >= 15 is 0 Å². The van der Waals surface area contributed by atoms with Gasteiger partial charge in [0, 0.05) is 13.2 Å². The Morgan fingerprint density at radius 1 is 0.972 bits per heavy atom. The van der Waals surface area contributed by atoms with Gasteiger partial charge in [-0.3, -0.25) is 4.79 Å². The van der Waals surface area contributed by atoms with E-state index in [2.05, 4.69) is 10.0 Å². The topological polar surface area (TPSA) is 93.7 Å². The molecule has 6 rings (SSSR count). The number of aryl methyl sites for hydroxylation is 1. The number of rotatable bonds is 7. The van der Waals surface area contributed by atoms with Crippen molar-refractivity contribution in [3.8, 4) is 22.6 Å². The fourth-order valence-corrected chi connectivity index (χ4v) is 6.16. The molecule has 1 aliphatic heterocycles. The fourth-order valence-electron chi connectivity index (χ4n) is 4.85. The number of amides is 1. The van der Waals surface area contributed by atoms with Crippen LogP contribution in [-0.2, 0) is 20.2 Å². The Bertz CT molecular complexity index is 1450. The van der Waals surface area contributed by atoms with Crippen molar-refractivity contribution in [3.05, 3.63) is 71.8 Å². The van der Waals surface area contributed by atoms with Gasteiger partial charge in [0.05, 0.1) is 10.3 Å². The van der Waals surface area contributed by atoms with Crippen LogP contribution in [0.15, 0.2) is 65.6 Å². The molecule has 1 heterocycles. The van der Waals surface area contributed by atoms with Gasteiger partial charge in [0.2, 0.25) is 22.7 Å². The molecule has 3 aromatic carbocycles. The first-order chi connectivity index (χ1) is 17.3. The van der Waals surface area contributed by atoms with Crippen molar-refractivity contribution in [2.45, 2.75) is 55.4 Å². The number of nitrogens with one attached hydrogen (secondary N) is 2. The second-order valence-electron chi connectivity index (χ2n) is 9.91. The summed E-state index contributed by atoms with van der Waals surface area (Å²) < 4.78 is 38.9. The monoisotopic (exact) mass is 506 g/mol. The Kier molecular flexibility index (Phi) is 5.53. The summed E-state index contributed by atoms with van der Waals surface area (Å²) >= 11 is 0. The average molecular weight is 507 g/mol. The molecule has 3 aliphatic rings. The van der Waals surface area contributed by atoms with E-state index in [-0.39, 0.29) is 25.1 Å². The van der Waals surface area contributed by atoms with Crippen LogP contribution in [0.3, 0.4) is 0 Å². The molecule has 1 amide bonds. The van der Waals surface area contributed by atoms with Gasteiger partial charge >= 0.3 is 0 Å². The molecule has 0 radical (unpaired) electrons. The molecule has 0 atom stereocenters. The number of anilines is 1. The van der Waals surface area contributed by atoms with Crippen LogP contribution in [-0.4, -0.2) is 27.2 Å². The van der Waals surface area contributed by atoms with Crippen LogP contribution >= 0.6 is 0 Å². The lowest BCUT2D eigenvalue weighted by Gasteiger charge is -2.26. The summed E-state index contributed by atoms with van der Waals surface area (Å²) in [6, 6.07) is 18.5. The molecule has 2 fully saturated rings. The molecule has 8 heteroatoms. The molecular weight excluding hydrogens is 476 g/mol. The molecule has 7 nitrogen and oxygen atoms in total. The van der Waals surface area contributed by atoms with Crippen molar-refractivity contribution in [3.63, 3.8) is 0 Å². The highest BCUT2D eigenvalue weighted by molar-refractivity contribution is 7.89. The van der Waals surface area contributed by atoms with Gasteiger partial charge in [-0.1, -0.05) is 30.7 Å². The maximum absolute atomic E-state index is 13.3. The van der Waals surface area contributed by atoms with Gasteiger partial charge in [0.1, 0.15) is 0 Å². The Labute approximate surface area is 212 Å². The lowest BCUT2D eigenvalue weighted by atomic mass is 9.94. The summed E-state index contributed by atoms with van der Waals surface area (Å²) in [6.45, 7) is 2.20. The van der Waals surface area contributed by atoms with Crippen LogP contribution in [0.4, 0.5) is 5.69 Å². The second-order valence-corrected chi connectivity index (χ2v) is 11.6. The zero-order valence-electron chi connectivity index (χ0n) is 20.0. The van der Waals surface area contributed by atoms with E-state index < -0.39 is 15.4 Å². The summed E-state index contributed by atoms with van der Waals surface area (Å²) in [5.41, 5.74) is 3.95. The lowest BCUT2D eigenvalue weighted by Crippen LogP contribution is -2.39. The Hall–Kier alpha value is -3.36. The van der Waals surface area contributed by atoms with Gasteiger partial charge in [-0.2, -0.15) is 0 Å². The van der Waals surface area contributed by atoms with E-state index in [4.69, 9.17) is 9.47 Å². The summed E-state index contributed by atoms with van der Waals surface area (Å²) in [5.74, 6) is 1.34. The molecule has 0 saturated heterocycles. The highest BCUT2D eigenvalue weighted by Gasteiger charge is 2.51. The second kappa shape index (κ2) is 8.64. The summed E-state index contributed by atoms with van der Waals surface area (Å²) in [4.78, 5) is 13.6. The number of carbonyl (C=O) groups is 1. The van der Waals surface area contributed by atoms with E-state index in [0.717, 1.165) is 54.4 Å². The van der Waals surface area contributed by atoms with E-state index in [0.29, 0.717) is 17.2 Å². The normalized spacial score (nSPS) is 17.9. The molecule has 0 bridgehead atoms. The van der Waals surface area contributed by atoms with E-state index in [9.17, 15) is 13.2 Å². The molecule has 0 aromatic heterocycles. The van der Waals surface area contributed by atoms with Gasteiger partial charge in [-0.25, -0.2) is 13.1 Å². The molecular formula is C28H30N2O5S. The molecule has 2 aliphatic carbocycles. The van der Waals surface area contributed by atoms with E-state index in [1.54, 1.807) is 12.1 Å². The molecule has 0 spiro atoms. The van der Waals surface area contributed by atoms with Gasteiger partial charge in [0.15, 0.2) is 11.5 Å². The quantitative estimate of drug-likeness (QED) is 0.463. The molecule has 3 aromatic rings. The number of benzene rings is 3. The van der Waals surface area contributed by atoms with Crippen LogP contribution < -0.4 is 19.5 Å². The third-order valence-corrected chi connectivity index (χ3v) is 9.04. The third kappa shape index (κ3) is 4.14. The SMILES string of the molecule is Cc1ccc(NC(=O)C2(c3ccc4c(c3)OCO4)CC2)cc1-c1ccc(S(=O)(=O)NC2CCC2)cc1.[HH]. The van der Waals surface area contributed by atoms with Crippen molar-refractivity contribution in [2.75, 3.05) is 12.1 Å². The van der Waals surface area contributed by atoms with Gasteiger partial charge in [-0.15, -0.1) is 0 Å². The minimum atomic E-state index is -3.52. The predicted molar refractivity (Wildman–Crippen MR) is 139 cm³/mol. The standard InChI is InChI=1S/C28H28N2O5S.H2/c1-18-5-9-22(29-27(31)28(13-14-28)20-8-12-25-26(15-20)35-17-34-25)16-24(18)19-6-10-23(11-7-19)36(32,33)30-21-3-2-4-21;/h5-12,15-16,21,30H,2-4,13-14,17H2,1H3,(H,29,31);1H. The maximum Gasteiger partial charge on any atom is 0.240 e.